The Hall–Kier alpha value is -2.83. The van der Waals surface area contributed by atoms with Gasteiger partial charge in [-0.05, 0) is 56.4 Å². The number of anilines is 1. The Morgan fingerprint density at radius 1 is 1.19 bits per heavy atom. The van der Waals surface area contributed by atoms with Gasteiger partial charge in [0.15, 0.2) is 0 Å². The van der Waals surface area contributed by atoms with Gasteiger partial charge >= 0.3 is 6.03 Å². The summed E-state index contributed by atoms with van der Waals surface area (Å²) >= 11 is 0. The van der Waals surface area contributed by atoms with Crippen LogP contribution in [0.1, 0.15) is 77.8 Å². The van der Waals surface area contributed by atoms with Gasteiger partial charge in [-0.15, -0.1) is 0 Å². The van der Waals surface area contributed by atoms with Crippen LogP contribution in [0.4, 0.5) is 10.5 Å². The van der Waals surface area contributed by atoms with Crippen LogP contribution < -0.4 is 10.6 Å². The lowest BCUT2D eigenvalue weighted by Crippen LogP contribution is -2.37. The van der Waals surface area contributed by atoms with E-state index in [0.29, 0.717) is 23.4 Å². The van der Waals surface area contributed by atoms with E-state index in [1.165, 1.54) is 4.68 Å². The number of benzene rings is 1. The van der Waals surface area contributed by atoms with Crippen molar-refractivity contribution in [3.8, 4) is 17.0 Å². The molecule has 0 bridgehead atoms. The highest BCUT2D eigenvalue weighted by atomic mass is 16.3. The number of carbonyl (C=O) groups is 2. The molecule has 0 saturated heterocycles. The third-order valence-electron chi connectivity index (χ3n) is 5.83. The summed E-state index contributed by atoms with van der Waals surface area (Å²) in [6.07, 6.45) is 5.59. The van der Waals surface area contributed by atoms with E-state index in [-0.39, 0.29) is 35.6 Å². The minimum Gasteiger partial charge on any atom is -0.507 e. The first-order chi connectivity index (χ1) is 14.8. The fourth-order valence-corrected chi connectivity index (χ4v) is 3.98. The Balaban J connectivity index is 1.94. The Kier molecular flexibility index (Phi) is 7.36. The predicted octanol–water partition coefficient (Wildman–Crippen LogP) is 5.25. The average molecular weight is 427 g/mol. The predicted molar refractivity (Wildman–Crippen MR) is 122 cm³/mol. The van der Waals surface area contributed by atoms with Crippen LogP contribution in [-0.2, 0) is 4.79 Å². The minimum absolute atomic E-state index is 0.0458. The number of nitrogens with one attached hydrogen (secondary N) is 2. The topological polar surface area (TPSA) is 96.3 Å². The van der Waals surface area contributed by atoms with Crippen molar-refractivity contribution < 1.29 is 14.7 Å². The summed E-state index contributed by atoms with van der Waals surface area (Å²) in [5, 5.41) is 20.9. The average Bonchev–Trinajstić information content (AvgIpc) is 3.38. The third kappa shape index (κ3) is 5.66. The maximum Gasteiger partial charge on any atom is 0.342 e. The van der Waals surface area contributed by atoms with Gasteiger partial charge in [-0.1, -0.05) is 33.6 Å². The number of carbonyl (C=O) groups excluding carboxylic acids is 2. The van der Waals surface area contributed by atoms with Gasteiger partial charge in [0.1, 0.15) is 5.75 Å². The third-order valence-corrected chi connectivity index (χ3v) is 5.83. The first-order valence-corrected chi connectivity index (χ1v) is 11.3. The van der Waals surface area contributed by atoms with E-state index in [1.54, 1.807) is 18.2 Å². The molecule has 2 aromatic rings. The Bertz CT molecular complexity index is 929. The fraction of sp³-hybridized carbons (Fsp3) is 0.542. The van der Waals surface area contributed by atoms with E-state index in [4.69, 9.17) is 0 Å². The Morgan fingerprint density at radius 3 is 2.55 bits per heavy atom. The van der Waals surface area contributed by atoms with Gasteiger partial charge in [0.25, 0.3) is 0 Å². The summed E-state index contributed by atoms with van der Waals surface area (Å²) in [5.41, 5.74) is 2.50. The zero-order valence-corrected chi connectivity index (χ0v) is 18.9. The van der Waals surface area contributed by atoms with E-state index >= 15 is 0 Å². The van der Waals surface area contributed by atoms with Gasteiger partial charge in [-0.3, -0.25) is 4.79 Å². The molecule has 3 rings (SSSR count). The van der Waals surface area contributed by atoms with Crippen LogP contribution in [0.15, 0.2) is 24.3 Å². The van der Waals surface area contributed by atoms with Crippen LogP contribution in [0.5, 0.6) is 5.75 Å². The van der Waals surface area contributed by atoms with Crippen molar-refractivity contribution in [3.63, 3.8) is 0 Å². The number of hydrogen-bond donors (Lipinski definition) is 3. The molecule has 31 heavy (non-hydrogen) atoms. The molecule has 2 amide bonds. The SMILES string of the molecule is CCC(C)NC(=O)n1nc(-c2cc(NC(=O)CC(C)C)ccc2O)cc1C1CCCC1. The first kappa shape index (κ1) is 22.8. The molecule has 1 saturated carbocycles. The summed E-state index contributed by atoms with van der Waals surface area (Å²) in [5.74, 6) is 0.522. The van der Waals surface area contributed by atoms with Crippen LogP contribution in [0.25, 0.3) is 11.3 Å². The van der Waals surface area contributed by atoms with Crippen molar-refractivity contribution in [1.82, 2.24) is 15.1 Å². The maximum atomic E-state index is 12.9. The van der Waals surface area contributed by atoms with Crippen LogP contribution in [0.2, 0.25) is 0 Å². The fourth-order valence-electron chi connectivity index (χ4n) is 3.98. The number of aromatic hydroxyl groups is 1. The number of rotatable bonds is 7. The molecule has 168 valence electrons. The molecule has 1 unspecified atom stereocenters. The number of phenolic OH excluding ortho intramolecular Hbond substituents is 1. The van der Waals surface area contributed by atoms with Gasteiger partial charge in [0, 0.05) is 29.6 Å². The number of nitrogens with zero attached hydrogens (tertiary/aromatic N) is 2. The second-order valence-electron chi connectivity index (χ2n) is 8.98. The second kappa shape index (κ2) is 9.98. The van der Waals surface area contributed by atoms with Gasteiger partial charge in [-0.2, -0.15) is 9.78 Å². The molecule has 1 fully saturated rings. The normalized spacial score (nSPS) is 15.3. The van der Waals surface area contributed by atoms with Crippen LogP contribution >= 0.6 is 0 Å². The number of aromatic nitrogens is 2. The van der Waals surface area contributed by atoms with E-state index in [2.05, 4.69) is 15.7 Å². The quantitative estimate of drug-likeness (QED) is 0.527. The van der Waals surface area contributed by atoms with Gasteiger partial charge < -0.3 is 15.7 Å². The Labute approximate surface area is 184 Å². The highest BCUT2D eigenvalue weighted by Gasteiger charge is 2.26. The highest BCUT2D eigenvalue weighted by molar-refractivity contribution is 5.92. The first-order valence-electron chi connectivity index (χ1n) is 11.3. The molecule has 0 spiro atoms. The molecular formula is C24H34N4O3. The molecule has 1 aromatic carbocycles. The smallest absolute Gasteiger partial charge is 0.342 e. The highest BCUT2D eigenvalue weighted by Crippen LogP contribution is 2.38. The molecular weight excluding hydrogens is 392 g/mol. The van der Waals surface area contributed by atoms with E-state index < -0.39 is 0 Å². The molecule has 1 atom stereocenters. The summed E-state index contributed by atoms with van der Waals surface area (Å²) in [7, 11) is 0. The van der Waals surface area contributed by atoms with Gasteiger partial charge in [0.2, 0.25) is 5.91 Å². The second-order valence-corrected chi connectivity index (χ2v) is 8.98. The zero-order chi connectivity index (χ0) is 22.5. The zero-order valence-electron chi connectivity index (χ0n) is 18.9. The molecule has 3 N–H and O–H groups in total. The van der Waals surface area contributed by atoms with Gasteiger partial charge in [-0.25, -0.2) is 4.79 Å². The standard InChI is InChI=1S/C24H34N4O3/c1-5-16(4)25-24(31)28-21(17-8-6-7-9-17)14-20(27-28)19-13-18(10-11-22(19)29)26-23(30)12-15(2)3/h10-11,13-17,29H,5-9,12H2,1-4H3,(H,25,31)(H,26,30). The lowest BCUT2D eigenvalue weighted by atomic mass is 10.0. The molecule has 1 aromatic heterocycles. The summed E-state index contributed by atoms with van der Waals surface area (Å²) in [6, 6.07) is 6.63. The maximum absolute atomic E-state index is 12.9. The lowest BCUT2D eigenvalue weighted by molar-refractivity contribution is -0.116. The minimum atomic E-state index is -0.247. The summed E-state index contributed by atoms with van der Waals surface area (Å²) in [4.78, 5) is 25.1. The van der Waals surface area contributed by atoms with Gasteiger partial charge in [0.05, 0.1) is 11.4 Å². The Morgan fingerprint density at radius 2 is 1.90 bits per heavy atom. The number of phenols is 1. The summed E-state index contributed by atoms with van der Waals surface area (Å²) < 4.78 is 1.46. The van der Waals surface area contributed by atoms with Crippen molar-refractivity contribution in [1.29, 1.82) is 0 Å². The molecule has 7 nitrogen and oxygen atoms in total. The lowest BCUT2D eigenvalue weighted by Gasteiger charge is -2.15. The van der Waals surface area contributed by atoms with Crippen LogP contribution in [-0.4, -0.2) is 32.9 Å². The van der Waals surface area contributed by atoms with E-state index in [9.17, 15) is 14.7 Å². The van der Waals surface area contributed by atoms with Crippen LogP contribution in [0, 0.1) is 5.92 Å². The summed E-state index contributed by atoms with van der Waals surface area (Å²) in [6.45, 7) is 7.97. The molecule has 1 heterocycles. The van der Waals surface area contributed by atoms with E-state index in [1.807, 2.05) is 33.8 Å². The number of hydrogen-bond acceptors (Lipinski definition) is 4. The molecule has 0 aliphatic heterocycles. The van der Waals surface area contributed by atoms with Crippen LogP contribution in [0.3, 0.4) is 0 Å². The molecule has 1 aliphatic rings. The molecule has 0 radical (unpaired) electrons. The van der Waals surface area contributed by atoms with Crippen molar-refractivity contribution in [2.75, 3.05) is 5.32 Å². The van der Waals surface area contributed by atoms with Crippen molar-refractivity contribution in [3.05, 3.63) is 30.0 Å². The largest absolute Gasteiger partial charge is 0.507 e. The molecule has 1 aliphatic carbocycles. The van der Waals surface area contributed by atoms with Crippen molar-refractivity contribution in [2.45, 2.75) is 78.2 Å². The number of amides is 2. The molecule has 7 heteroatoms. The van der Waals surface area contributed by atoms with Crippen molar-refractivity contribution >= 4 is 17.6 Å². The van der Waals surface area contributed by atoms with Crippen molar-refractivity contribution in [2.24, 2.45) is 5.92 Å². The van der Waals surface area contributed by atoms with E-state index in [0.717, 1.165) is 37.8 Å². The monoisotopic (exact) mass is 426 g/mol.